The molecule has 1 aliphatic heterocycles. The van der Waals surface area contributed by atoms with Crippen LogP contribution in [-0.2, 0) is 16.4 Å². The zero-order valence-corrected chi connectivity index (χ0v) is 18.5. The van der Waals surface area contributed by atoms with Crippen LogP contribution in [0, 0.1) is 0 Å². The number of amides is 1. The summed E-state index contributed by atoms with van der Waals surface area (Å²) in [6.45, 7) is 1.88. The highest BCUT2D eigenvalue weighted by molar-refractivity contribution is 7.92. The predicted molar refractivity (Wildman–Crippen MR) is 123 cm³/mol. The van der Waals surface area contributed by atoms with Gasteiger partial charge in [0, 0.05) is 17.3 Å². The molecule has 3 aromatic carbocycles. The van der Waals surface area contributed by atoms with Crippen LogP contribution in [0.25, 0.3) is 5.69 Å². The van der Waals surface area contributed by atoms with E-state index < -0.39 is 15.9 Å². The van der Waals surface area contributed by atoms with Crippen molar-refractivity contribution in [1.82, 2.24) is 20.2 Å². The highest BCUT2D eigenvalue weighted by Gasteiger charge is 2.36. The molecule has 2 heterocycles. The molecule has 1 aliphatic rings. The third-order valence-electron chi connectivity index (χ3n) is 5.54. The number of sulfonamides is 1. The van der Waals surface area contributed by atoms with Crippen molar-refractivity contribution in [3.05, 3.63) is 90.3 Å². The normalized spacial score (nSPS) is 15.3. The average molecular weight is 461 g/mol. The van der Waals surface area contributed by atoms with Gasteiger partial charge in [0.1, 0.15) is 6.33 Å². The highest BCUT2D eigenvalue weighted by atomic mass is 32.2. The molecule has 10 heteroatoms. The van der Waals surface area contributed by atoms with E-state index in [0.717, 1.165) is 11.3 Å². The van der Waals surface area contributed by atoms with Crippen molar-refractivity contribution in [3.8, 4) is 5.69 Å². The van der Waals surface area contributed by atoms with Crippen LogP contribution in [0.4, 0.5) is 11.4 Å². The lowest BCUT2D eigenvalue weighted by Crippen LogP contribution is -2.35. The van der Waals surface area contributed by atoms with Gasteiger partial charge in [-0.2, -0.15) is 0 Å². The molecule has 1 atom stereocenters. The highest BCUT2D eigenvalue weighted by Crippen LogP contribution is 2.36. The Bertz CT molecular complexity index is 1420. The van der Waals surface area contributed by atoms with E-state index in [4.69, 9.17) is 0 Å². The number of tetrazole rings is 1. The number of hydrogen-bond donors (Lipinski definition) is 1. The molecule has 0 saturated carbocycles. The fraction of sp³-hybridized carbons (Fsp3) is 0.130. The Morgan fingerprint density at radius 1 is 1.03 bits per heavy atom. The second-order valence-corrected chi connectivity index (χ2v) is 9.58. The van der Waals surface area contributed by atoms with Gasteiger partial charge in [-0.05, 0) is 77.9 Å². The van der Waals surface area contributed by atoms with E-state index in [9.17, 15) is 13.2 Å². The van der Waals surface area contributed by atoms with Gasteiger partial charge in [0.25, 0.3) is 15.9 Å². The number of carbonyl (C=O) groups excluding carboxylic acids is 1. The van der Waals surface area contributed by atoms with Gasteiger partial charge < -0.3 is 5.32 Å². The first-order chi connectivity index (χ1) is 15.9. The van der Waals surface area contributed by atoms with E-state index in [-0.39, 0.29) is 16.5 Å². The van der Waals surface area contributed by atoms with Crippen molar-refractivity contribution in [2.24, 2.45) is 0 Å². The topological polar surface area (TPSA) is 110 Å². The molecule has 0 fully saturated rings. The molecule has 0 radical (unpaired) electrons. The van der Waals surface area contributed by atoms with Gasteiger partial charge >= 0.3 is 0 Å². The summed E-state index contributed by atoms with van der Waals surface area (Å²) in [5, 5.41) is 13.8. The maximum atomic E-state index is 13.5. The number of nitrogens with zero attached hydrogens (tertiary/aromatic N) is 5. The summed E-state index contributed by atoms with van der Waals surface area (Å²) in [5.74, 6) is -0.405. The molecule has 0 bridgehead atoms. The number of carbonyl (C=O) groups is 1. The van der Waals surface area contributed by atoms with Crippen molar-refractivity contribution in [3.63, 3.8) is 0 Å². The number of hydrogen-bond acceptors (Lipinski definition) is 6. The number of nitrogens with one attached hydrogen (secondary N) is 1. The standard InChI is InChI=1S/C23H20N6O3S/c1-16-13-17-5-2-3-8-22(17)29(16)33(31,32)21-7-4-6-18(14-21)23(30)25-19-9-11-20(12-10-19)28-15-24-26-27-28/h2-12,14-16H,13H2,1H3,(H,25,30)/t16-/m0/s1. The van der Waals surface area contributed by atoms with Crippen LogP contribution in [0.15, 0.2) is 84.0 Å². The monoisotopic (exact) mass is 460 g/mol. The number of aromatic nitrogens is 4. The molecule has 33 heavy (non-hydrogen) atoms. The summed E-state index contributed by atoms with van der Waals surface area (Å²) >= 11 is 0. The number of para-hydroxylation sites is 1. The summed E-state index contributed by atoms with van der Waals surface area (Å²) in [4.78, 5) is 12.9. The molecule has 0 saturated heterocycles. The van der Waals surface area contributed by atoms with Gasteiger partial charge in [-0.3, -0.25) is 9.10 Å². The SMILES string of the molecule is C[C@H]1Cc2ccccc2N1S(=O)(=O)c1cccc(C(=O)Nc2ccc(-n3cnnn3)cc2)c1. The quantitative estimate of drug-likeness (QED) is 0.490. The Morgan fingerprint density at radius 3 is 2.58 bits per heavy atom. The van der Waals surface area contributed by atoms with Crippen LogP contribution in [0.2, 0.25) is 0 Å². The lowest BCUT2D eigenvalue weighted by atomic mass is 10.1. The fourth-order valence-corrected chi connectivity index (χ4v) is 5.73. The molecule has 1 N–H and O–H groups in total. The molecule has 166 valence electrons. The third kappa shape index (κ3) is 3.85. The summed E-state index contributed by atoms with van der Waals surface area (Å²) in [5.41, 5.74) is 3.23. The summed E-state index contributed by atoms with van der Waals surface area (Å²) in [7, 11) is -3.83. The minimum atomic E-state index is -3.83. The van der Waals surface area contributed by atoms with Crippen LogP contribution in [0.3, 0.4) is 0 Å². The van der Waals surface area contributed by atoms with Gasteiger partial charge in [0.15, 0.2) is 0 Å². The lowest BCUT2D eigenvalue weighted by molar-refractivity contribution is 0.102. The van der Waals surface area contributed by atoms with E-state index >= 15 is 0 Å². The molecule has 1 amide bonds. The van der Waals surface area contributed by atoms with Crippen LogP contribution < -0.4 is 9.62 Å². The molecule has 0 aliphatic carbocycles. The van der Waals surface area contributed by atoms with Crippen molar-refractivity contribution >= 4 is 27.3 Å². The van der Waals surface area contributed by atoms with Crippen molar-refractivity contribution in [1.29, 1.82) is 0 Å². The number of fused-ring (bicyclic) bond motifs is 1. The Balaban J connectivity index is 1.38. The smallest absolute Gasteiger partial charge is 0.264 e. The molecule has 9 nitrogen and oxygen atoms in total. The van der Waals surface area contributed by atoms with E-state index in [1.807, 2.05) is 31.2 Å². The minimum absolute atomic E-state index is 0.0766. The maximum Gasteiger partial charge on any atom is 0.264 e. The van der Waals surface area contributed by atoms with Crippen LogP contribution in [0.5, 0.6) is 0 Å². The Labute approximate surface area is 190 Å². The van der Waals surface area contributed by atoms with Crippen LogP contribution in [0.1, 0.15) is 22.8 Å². The third-order valence-corrected chi connectivity index (χ3v) is 7.46. The Morgan fingerprint density at radius 2 is 1.82 bits per heavy atom. The van der Waals surface area contributed by atoms with Gasteiger partial charge in [-0.15, -0.1) is 5.10 Å². The van der Waals surface area contributed by atoms with Gasteiger partial charge in [-0.25, -0.2) is 13.1 Å². The number of rotatable bonds is 5. The molecule has 5 rings (SSSR count). The van der Waals surface area contributed by atoms with E-state index in [1.54, 1.807) is 36.4 Å². The average Bonchev–Trinajstić information content (AvgIpc) is 3.47. The maximum absolute atomic E-state index is 13.5. The zero-order chi connectivity index (χ0) is 23.0. The van der Waals surface area contributed by atoms with Gasteiger partial charge in [0.05, 0.1) is 16.3 Å². The van der Waals surface area contributed by atoms with Crippen molar-refractivity contribution < 1.29 is 13.2 Å². The molecule has 0 spiro atoms. The number of anilines is 2. The first kappa shape index (κ1) is 20.8. The second kappa shape index (κ2) is 8.14. The van der Waals surface area contributed by atoms with Crippen LogP contribution >= 0.6 is 0 Å². The summed E-state index contributed by atoms with van der Waals surface area (Å²) in [6, 6.07) is 20.3. The minimum Gasteiger partial charge on any atom is -0.322 e. The van der Waals surface area contributed by atoms with Gasteiger partial charge in [0.2, 0.25) is 0 Å². The van der Waals surface area contributed by atoms with Crippen LogP contribution in [-0.4, -0.2) is 40.6 Å². The summed E-state index contributed by atoms with van der Waals surface area (Å²) in [6.07, 6.45) is 2.12. The van der Waals surface area contributed by atoms with Gasteiger partial charge in [-0.1, -0.05) is 24.3 Å². The second-order valence-electron chi connectivity index (χ2n) is 7.77. The Hall–Kier alpha value is -4.05. The molecular formula is C23H20N6O3S. The lowest BCUT2D eigenvalue weighted by Gasteiger charge is -2.24. The van der Waals surface area contributed by atoms with Crippen molar-refractivity contribution in [2.45, 2.75) is 24.3 Å². The fourth-order valence-electron chi connectivity index (χ4n) is 4.00. The molecular weight excluding hydrogens is 440 g/mol. The van der Waals surface area contributed by atoms with E-state index in [1.165, 1.54) is 27.4 Å². The van der Waals surface area contributed by atoms with E-state index in [2.05, 4.69) is 20.8 Å². The molecule has 4 aromatic rings. The summed E-state index contributed by atoms with van der Waals surface area (Å²) < 4.78 is 29.9. The number of benzene rings is 3. The van der Waals surface area contributed by atoms with Crippen molar-refractivity contribution in [2.75, 3.05) is 9.62 Å². The molecule has 0 unspecified atom stereocenters. The Kier molecular flexibility index (Phi) is 5.14. The zero-order valence-electron chi connectivity index (χ0n) is 17.7. The first-order valence-corrected chi connectivity index (χ1v) is 11.7. The first-order valence-electron chi connectivity index (χ1n) is 10.3. The molecule has 1 aromatic heterocycles. The van der Waals surface area contributed by atoms with E-state index in [0.29, 0.717) is 17.8 Å². The predicted octanol–water partition coefficient (Wildman–Crippen LogP) is 3.05. The largest absolute Gasteiger partial charge is 0.322 e.